The quantitative estimate of drug-likeness (QED) is 0.296. The fourth-order valence-electron chi connectivity index (χ4n) is 3.25. The maximum Gasteiger partial charge on any atom is 0.414 e. The van der Waals surface area contributed by atoms with Gasteiger partial charge in [-0.05, 0) is 30.7 Å². The highest BCUT2D eigenvalue weighted by atomic mass is 16.6. The summed E-state index contributed by atoms with van der Waals surface area (Å²) in [5.74, 6) is -1.67. The standard InChI is InChI=1S/C23H33NO6/c1-5-6-12-19(15-17(2)3)21(25)24(23(27)28)20(22(26)30-14-13-29-4)16-18-10-8-7-9-11-18/h5,7-11,17,19-20H,1,6,12-16H2,2-4H3,(H,27,28)/t19?,20-/m0/s1. The summed E-state index contributed by atoms with van der Waals surface area (Å²) in [7, 11) is 1.47. The van der Waals surface area contributed by atoms with Crippen molar-refractivity contribution in [3.8, 4) is 0 Å². The van der Waals surface area contributed by atoms with Crippen molar-refractivity contribution in [3.05, 3.63) is 48.6 Å². The lowest BCUT2D eigenvalue weighted by Crippen LogP contribution is -2.52. The number of ether oxygens (including phenoxy) is 2. The Bertz CT molecular complexity index is 688. The van der Waals surface area contributed by atoms with E-state index in [1.165, 1.54) is 7.11 Å². The molecule has 2 amide bonds. The topological polar surface area (TPSA) is 93.1 Å². The number of imide groups is 1. The number of carboxylic acid groups (broad SMARTS) is 1. The van der Waals surface area contributed by atoms with Crippen LogP contribution in [0.1, 0.15) is 38.7 Å². The molecule has 166 valence electrons. The fourth-order valence-corrected chi connectivity index (χ4v) is 3.25. The second-order valence-electron chi connectivity index (χ2n) is 7.55. The van der Waals surface area contributed by atoms with E-state index in [-0.39, 0.29) is 25.6 Å². The number of methoxy groups -OCH3 is 1. The first kappa shape index (κ1) is 25.4. The number of benzene rings is 1. The summed E-state index contributed by atoms with van der Waals surface area (Å²) in [4.78, 5) is 38.8. The lowest BCUT2D eigenvalue weighted by Gasteiger charge is -2.30. The highest BCUT2D eigenvalue weighted by Gasteiger charge is 2.39. The molecule has 1 N–H and O–H groups in total. The Balaban J connectivity index is 3.22. The van der Waals surface area contributed by atoms with Crippen molar-refractivity contribution in [1.29, 1.82) is 0 Å². The average Bonchev–Trinajstić information content (AvgIpc) is 2.70. The number of nitrogens with zero attached hydrogens (tertiary/aromatic N) is 1. The van der Waals surface area contributed by atoms with Crippen LogP contribution in [0.3, 0.4) is 0 Å². The Morgan fingerprint density at radius 2 is 1.83 bits per heavy atom. The Morgan fingerprint density at radius 1 is 1.17 bits per heavy atom. The number of carbonyl (C=O) groups is 3. The lowest BCUT2D eigenvalue weighted by atomic mass is 9.90. The molecule has 1 unspecified atom stereocenters. The zero-order chi connectivity index (χ0) is 22.5. The van der Waals surface area contributed by atoms with E-state index in [9.17, 15) is 19.5 Å². The normalized spacial score (nSPS) is 12.8. The summed E-state index contributed by atoms with van der Waals surface area (Å²) < 4.78 is 10.1. The van der Waals surface area contributed by atoms with Crippen LogP contribution in [-0.4, -0.2) is 54.3 Å². The summed E-state index contributed by atoms with van der Waals surface area (Å²) >= 11 is 0. The van der Waals surface area contributed by atoms with E-state index < -0.39 is 29.9 Å². The molecule has 1 aromatic carbocycles. The van der Waals surface area contributed by atoms with Gasteiger partial charge < -0.3 is 14.6 Å². The van der Waals surface area contributed by atoms with Crippen molar-refractivity contribution in [1.82, 2.24) is 4.90 Å². The molecule has 0 aliphatic rings. The molecule has 0 bridgehead atoms. The van der Waals surface area contributed by atoms with Crippen LogP contribution in [0.25, 0.3) is 0 Å². The van der Waals surface area contributed by atoms with Gasteiger partial charge in [0.05, 0.1) is 6.61 Å². The lowest BCUT2D eigenvalue weighted by molar-refractivity contribution is -0.156. The van der Waals surface area contributed by atoms with Crippen molar-refractivity contribution in [2.45, 2.75) is 45.6 Å². The van der Waals surface area contributed by atoms with Crippen LogP contribution in [0.2, 0.25) is 0 Å². The maximum absolute atomic E-state index is 13.3. The van der Waals surface area contributed by atoms with E-state index >= 15 is 0 Å². The number of hydrogen-bond donors (Lipinski definition) is 1. The third kappa shape index (κ3) is 8.37. The van der Waals surface area contributed by atoms with Gasteiger partial charge in [-0.15, -0.1) is 6.58 Å². The predicted molar refractivity (Wildman–Crippen MR) is 114 cm³/mol. The predicted octanol–water partition coefficient (Wildman–Crippen LogP) is 3.92. The van der Waals surface area contributed by atoms with Gasteiger partial charge in [-0.25, -0.2) is 14.5 Å². The monoisotopic (exact) mass is 419 g/mol. The third-order valence-corrected chi connectivity index (χ3v) is 4.66. The van der Waals surface area contributed by atoms with Crippen molar-refractivity contribution < 1.29 is 29.0 Å². The summed E-state index contributed by atoms with van der Waals surface area (Å²) in [6, 6.07) is 7.70. The minimum Gasteiger partial charge on any atom is -0.465 e. The first-order valence-corrected chi connectivity index (χ1v) is 10.2. The molecule has 7 heteroatoms. The summed E-state index contributed by atoms with van der Waals surface area (Å²) in [5, 5.41) is 9.87. The van der Waals surface area contributed by atoms with Gasteiger partial charge in [-0.1, -0.05) is 50.3 Å². The van der Waals surface area contributed by atoms with Crippen LogP contribution in [0.15, 0.2) is 43.0 Å². The first-order chi connectivity index (χ1) is 14.3. The van der Waals surface area contributed by atoms with Crippen LogP contribution >= 0.6 is 0 Å². The summed E-state index contributed by atoms with van der Waals surface area (Å²) in [6.45, 7) is 7.79. The fraction of sp³-hybridized carbons (Fsp3) is 0.522. The van der Waals surface area contributed by atoms with Gasteiger partial charge >= 0.3 is 12.1 Å². The first-order valence-electron chi connectivity index (χ1n) is 10.2. The van der Waals surface area contributed by atoms with Crippen LogP contribution in [0.4, 0.5) is 4.79 Å². The zero-order valence-electron chi connectivity index (χ0n) is 18.1. The molecular formula is C23H33NO6. The Hall–Kier alpha value is -2.67. The third-order valence-electron chi connectivity index (χ3n) is 4.66. The molecule has 0 aromatic heterocycles. The number of carbonyl (C=O) groups excluding carboxylic acids is 2. The van der Waals surface area contributed by atoms with E-state index in [2.05, 4.69) is 6.58 Å². The molecule has 1 aromatic rings. The minimum atomic E-state index is -1.46. The van der Waals surface area contributed by atoms with Gasteiger partial charge in [0, 0.05) is 19.4 Å². The minimum absolute atomic E-state index is 0.0197. The molecule has 0 aliphatic carbocycles. The molecule has 0 heterocycles. The molecule has 0 spiro atoms. The second-order valence-corrected chi connectivity index (χ2v) is 7.55. The van der Waals surface area contributed by atoms with E-state index in [1.807, 2.05) is 19.9 Å². The van der Waals surface area contributed by atoms with E-state index in [0.717, 1.165) is 5.56 Å². The number of rotatable bonds is 13. The smallest absolute Gasteiger partial charge is 0.414 e. The molecule has 1 rings (SSSR count). The average molecular weight is 420 g/mol. The Labute approximate surface area is 178 Å². The highest BCUT2D eigenvalue weighted by Crippen LogP contribution is 2.23. The van der Waals surface area contributed by atoms with Gasteiger partial charge in [0.1, 0.15) is 12.6 Å². The largest absolute Gasteiger partial charge is 0.465 e. The molecule has 2 atom stereocenters. The molecular weight excluding hydrogens is 386 g/mol. The summed E-state index contributed by atoms with van der Waals surface area (Å²) in [5.41, 5.74) is 0.733. The molecule has 0 radical (unpaired) electrons. The number of amides is 2. The SMILES string of the molecule is C=CCCC(CC(C)C)C(=O)N(C(=O)O)[C@@H](Cc1ccccc1)C(=O)OCCOC. The molecule has 0 fully saturated rings. The molecule has 0 saturated carbocycles. The van der Waals surface area contributed by atoms with Crippen molar-refractivity contribution in [2.24, 2.45) is 11.8 Å². The Kier molecular flexibility index (Phi) is 11.4. The molecule has 7 nitrogen and oxygen atoms in total. The molecule has 30 heavy (non-hydrogen) atoms. The van der Waals surface area contributed by atoms with Gasteiger partial charge in [0.15, 0.2) is 0 Å². The summed E-state index contributed by atoms with van der Waals surface area (Å²) in [6.07, 6.45) is 1.86. The van der Waals surface area contributed by atoms with Gasteiger partial charge in [-0.3, -0.25) is 4.79 Å². The number of allylic oxidation sites excluding steroid dienone is 1. The highest BCUT2D eigenvalue weighted by molar-refractivity contribution is 5.97. The Morgan fingerprint density at radius 3 is 2.37 bits per heavy atom. The van der Waals surface area contributed by atoms with Gasteiger partial charge in [-0.2, -0.15) is 0 Å². The van der Waals surface area contributed by atoms with Crippen LogP contribution in [-0.2, 0) is 25.5 Å². The van der Waals surface area contributed by atoms with Crippen molar-refractivity contribution in [2.75, 3.05) is 20.3 Å². The van der Waals surface area contributed by atoms with E-state index in [4.69, 9.17) is 9.47 Å². The van der Waals surface area contributed by atoms with Crippen molar-refractivity contribution >= 4 is 18.0 Å². The van der Waals surface area contributed by atoms with Crippen LogP contribution in [0, 0.1) is 11.8 Å². The molecule has 0 aliphatic heterocycles. The van der Waals surface area contributed by atoms with E-state index in [0.29, 0.717) is 24.2 Å². The van der Waals surface area contributed by atoms with Crippen molar-refractivity contribution in [3.63, 3.8) is 0 Å². The van der Waals surface area contributed by atoms with Crippen LogP contribution in [0.5, 0.6) is 0 Å². The van der Waals surface area contributed by atoms with Gasteiger partial charge in [0.2, 0.25) is 5.91 Å². The van der Waals surface area contributed by atoms with Gasteiger partial charge in [0.25, 0.3) is 0 Å². The zero-order valence-corrected chi connectivity index (χ0v) is 18.1. The molecule has 0 saturated heterocycles. The van der Waals surface area contributed by atoms with Crippen LogP contribution < -0.4 is 0 Å². The number of hydrogen-bond acceptors (Lipinski definition) is 5. The number of esters is 1. The second kappa shape index (κ2) is 13.5. The van der Waals surface area contributed by atoms with E-state index in [1.54, 1.807) is 30.3 Å². The maximum atomic E-state index is 13.3.